The lowest BCUT2D eigenvalue weighted by Crippen LogP contribution is -2.11. The Morgan fingerprint density at radius 1 is 0.354 bits per heavy atom. The normalized spacial score (nSPS) is 20.3. The molecule has 0 aliphatic rings. The maximum atomic E-state index is 10.5. The summed E-state index contributed by atoms with van der Waals surface area (Å²) in [6.45, 7) is 0. The van der Waals surface area contributed by atoms with E-state index in [4.69, 9.17) is 30.5 Å². The Kier molecular flexibility index (Phi) is 3.39. The van der Waals surface area contributed by atoms with Crippen molar-refractivity contribution in [3.8, 4) is 39.1 Å². The molecule has 0 amide bonds. The van der Waals surface area contributed by atoms with Crippen molar-refractivity contribution in [3.63, 3.8) is 0 Å². The molecular weight excluding hydrogens is 789 g/mol. The molecule has 11 aromatic carbocycles. The van der Waals surface area contributed by atoms with Gasteiger partial charge in [0.1, 0.15) is 11.2 Å². The Bertz CT molecular complexity index is 6030. The Morgan fingerprint density at radius 3 is 1.46 bits per heavy atom. The largest absolute Gasteiger partial charge is 0.455 e. The minimum atomic E-state index is -1.49. The first kappa shape index (κ1) is 14.7. The zero-order valence-electron chi connectivity index (χ0n) is 72.3. The molecule has 65 heavy (non-hydrogen) atoms. The molecule has 0 saturated carbocycles. The molecule has 3 heteroatoms. The van der Waals surface area contributed by atoms with Crippen molar-refractivity contribution >= 4 is 82.4 Å². The molecule has 0 N–H and O–H groups in total. The van der Waals surface area contributed by atoms with Crippen molar-refractivity contribution in [1.29, 1.82) is 0 Å². The zero-order chi connectivity index (χ0) is 77.7. The van der Waals surface area contributed by atoms with Gasteiger partial charge >= 0.3 is 0 Å². The molecule has 304 valence electrons. The second-order valence-electron chi connectivity index (χ2n) is 13.8. The summed E-state index contributed by atoms with van der Waals surface area (Å²) in [6, 6.07) is -45.4. The van der Waals surface area contributed by atoms with Gasteiger partial charge in [-0.25, -0.2) is 0 Å². The molecule has 0 spiro atoms. The highest BCUT2D eigenvalue weighted by Crippen LogP contribution is 2.48. The number of hydrogen-bond donors (Lipinski definition) is 0. The van der Waals surface area contributed by atoms with E-state index in [2.05, 4.69) is 0 Å². The summed E-state index contributed by atoms with van der Waals surface area (Å²) >= 11 is 0. The summed E-state index contributed by atoms with van der Waals surface area (Å²) in [5, 5.41) is -5.79. The third-order valence-corrected chi connectivity index (χ3v) is 10.1. The minimum Gasteiger partial charge on any atom is -0.455 e. The third-order valence-electron chi connectivity index (χ3n) is 10.1. The van der Waals surface area contributed by atoms with Crippen LogP contribution in [0.2, 0.25) is 0 Å². The quantitative estimate of drug-likeness (QED) is 0.159. The van der Waals surface area contributed by atoms with Crippen molar-refractivity contribution in [2.45, 2.75) is 0 Å². The maximum Gasteiger partial charge on any atom is 0.145 e. The number of hydrogen-bond acceptors (Lipinski definition) is 2. The highest BCUT2D eigenvalue weighted by atomic mass is 16.3. The van der Waals surface area contributed by atoms with Crippen molar-refractivity contribution in [1.82, 2.24) is 4.57 Å². The number of benzene rings is 11. The zero-order valence-corrected chi connectivity index (χ0v) is 32.3. The molecule has 0 fully saturated rings. The van der Waals surface area contributed by atoms with Gasteiger partial charge in [-0.1, -0.05) is 163 Å². The first-order chi connectivity index (χ1) is 48.9. The SMILES string of the molecule is [2H]c1c([2H])c(-c2c(N(c3c([2H])c([2H])c(-c4c([2H])c([2H])c5c([2H])c([2H])c([2H])c([2H])c5c4[2H])c([2H])c3[2H])c3c([2H])c([2H])c(-c4c([2H])c([2H])c5c([2H])c([2H])c([2H])c([2H])c5c4[2H])c([2H])c3[2H])c([2H])c([2H])c3c2oc2c([2H])c([2H])c([2H])c([2H])c23)c([2H])c(-n2c3c([2H])c([2H])c([2H])c([2H])c3c3c([2H])c([2H])c([2H])c([2H])c32)c1[2H]. The van der Waals surface area contributed by atoms with Crippen LogP contribution in [0.4, 0.5) is 17.1 Å². The molecule has 13 aromatic rings. The molecule has 0 saturated heterocycles. The van der Waals surface area contributed by atoms with Gasteiger partial charge in [0.15, 0.2) is 0 Å². The monoisotopic (exact) mass is 869 g/mol. The second-order valence-corrected chi connectivity index (χ2v) is 13.8. The number of rotatable bonds is 7. The lowest BCUT2D eigenvalue weighted by Gasteiger charge is -2.28. The fraction of sp³-hybridized carbons (Fsp3) is 0. The van der Waals surface area contributed by atoms with Crippen molar-refractivity contribution in [3.05, 3.63) is 242 Å². The van der Waals surface area contributed by atoms with Gasteiger partial charge in [0, 0.05) is 44.2 Å². The van der Waals surface area contributed by atoms with E-state index >= 15 is 0 Å². The van der Waals surface area contributed by atoms with Crippen molar-refractivity contribution in [2.24, 2.45) is 0 Å². The lowest BCUT2D eigenvalue weighted by atomic mass is 9.97. The van der Waals surface area contributed by atoms with Crippen LogP contribution in [0.5, 0.6) is 0 Å². The maximum absolute atomic E-state index is 10.5. The van der Waals surface area contributed by atoms with Crippen LogP contribution in [0.25, 0.3) is 104 Å². The number of furan rings is 1. The Balaban J connectivity index is 1.29. The first-order valence-electron chi connectivity index (χ1n) is 39.0. The van der Waals surface area contributed by atoms with E-state index in [1.807, 2.05) is 0 Å². The highest BCUT2D eigenvalue weighted by molar-refractivity contribution is 6.14. The first-order valence-corrected chi connectivity index (χ1v) is 19.0. The molecule has 2 aromatic heterocycles. The Morgan fingerprint density at radius 2 is 0.862 bits per heavy atom. The average molecular weight is 869 g/mol. The molecule has 2 heterocycles. The van der Waals surface area contributed by atoms with Crippen molar-refractivity contribution in [2.75, 3.05) is 4.90 Å². The second kappa shape index (κ2) is 15.0. The van der Waals surface area contributed by atoms with E-state index in [1.165, 1.54) is 0 Å². The smallest absolute Gasteiger partial charge is 0.145 e. The number of anilines is 3. The summed E-state index contributed by atoms with van der Waals surface area (Å²) in [5.41, 5.74) is -15.5. The summed E-state index contributed by atoms with van der Waals surface area (Å²) in [7, 11) is 0. The molecular formula is C62H40N2O. The number of aromatic nitrogens is 1. The van der Waals surface area contributed by atoms with Gasteiger partial charge in [0.05, 0.1) is 71.6 Å². The molecule has 3 nitrogen and oxygen atoms in total. The summed E-state index contributed by atoms with van der Waals surface area (Å²) < 4.78 is 377. The highest BCUT2D eigenvalue weighted by Gasteiger charge is 2.24. The standard InChI is InChI=1S/C62H40N2O/c1-3-14-45-38-47(26-24-41(45)12-1)43-28-32-50(33-29-43)63(51-34-30-44(31-35-51)48-27-25-42-13-2-4-15-46(42)39-48)59-37-36-56-55-20-7-10-23-60(55)65-62(56)61(59)49-16-11-17-52(40-49)64-57-21-8-5-18-53(57)54-19-6-9-22-58(54)64/h1-40H/i1D,2D,3D,4D,5D,6D,7D,8D,9D,10D,11D,12D,13D,14D,15D,16D,17D,18D,19D,20D,21D,22D,23D,24D,25D,26D,27D,28D,29D,30D,31D,32D,33D,34D,35D,36D,37D,38D,39D,40D. The summed E-state index contributed by atoms with van der Waals surface area (Å²) in [5.74, 6) is 0. The van der Waals surface area contributed by atoms with Crippen LogP contribution in [-0.2, 0) is 0 Å². The van der Waals surface area contributed by atoms with Gasteiger partial charge in [0.25, 0.3) is 0 Å². The average Bonchev–Trinajstić information content (AvgIpc) is 1.56. The van der Waals surface area contributed by atoms with Crippen LogP contribution in [0.1, 0.15) is 54.8 Å². The van der Waals surface area contributed by atoms with Gasteiger partial charge < -0.3 is 13.9 Å². The molecule has 0 radical (unpaired) electrons. The summed E-state index contributed by atoms with van der Waals surface area (Å²) in [6.07, 6.45) is 0. The summed E-state index contributed by atoms with van der Waals surface area (Å²) in [4.78, 5) is 0.197. The van der Waals surface area contributed by atoms with Crippen molar-refractivity contribution < 1.29 is 59.2 Å². The molecule has 0 unspecified atom stereocenters. The predicted molar refractivity (Wildman–Crippen MR) is 274 cm³/mol. The van der Waals surface area contributed by atoms with E-state index < -0.39 is 363 Å². The molecule has 0 aliphatic carbocycles. The van der Waals surface area contributed by atoms with Gasteiger partial charge in [-0.05, 0) is 128 Å². The van der Waals surface area contributed by atoms with Crippen LogP contribution in [-0.4, -0.2) is 4.57 Å². The number of fused-ring (bicyclic) bond motifs is 8. The third kappa shape index (κ3) is 6.20. The Hall–Kier alpha value is -8.66. The van der Waals surface area contributed by atoms with Crippen LogP contribution in [0.15, 0.2) is 246 Å². The fourth-order valence-electron chi connectivity index (χ4n) is 7.26. The topological polar surface area (TPSA) is 21.3 Å². The van der Waals surface area contributed by atoms with E-state index in [-0.39, 0.29) is 4.90 Å². The predicted octanol–water partition coefficient (Wildman–Crippen LogP) is 17.5. The van der Waals surface area contributed by atoms with Gasteiger partial charge in [-0.3, -0.25) is 0 Å². The number of nitrogens with zero attached hydrogens (tertiary/aromatic N) is 2. The van der Waals surface area contributed by atoms with Crippen LogP contribution in [0, 0.1) is 0 Å². The van der Waals surface area contributed by atoms with Crippen LogP contribution < -0.4 is 4.90 Å². The van der Waals surface area contributed by atoms with E-state index in [0.29, 0.717) is 4.57 Å². The lowest BCUT2D eigenvalue weighted by molar-refractivity contribution is 0.670. The van der Waals surface area contributed by atoms with Crippen LogP contribution >= 0.6 is 0 Å². The fourth-order valence-corrected chi connectivity index (χ4v) is 7.26. The van der Waals surface area contributed by atoms with Gasteiger partial charge in [0.2, 0.25) is 0 Å². The van der Waals surface area contributed by atoms with E-state index in [1.54, 1.807) is 0 Å². The van der Waals surface area contributed by atoms with Gasteiger partial charge in [-0.15, -0.1) is 0 Å². The molecule has 0 bridgehead atoms. The van der Waals surface area contributed by atoms with E-state index in [9.17, 15) is 28.8 Å². The molecule has 13 rings (SSSR count). The number of para-hydroxylation sites is 3. The Labute approximate surface area is 432 Å². The molecule has 0 atom stereocenters. The molecule has 0 aliphatic heterocycles. The van der Waals surface area contributed by atoms with E-state index in [0.717, 1.165) is 0 Å². The van der Waals surface area contributed by atoms with Gasteiger partial charge in [-0.2, -0.15) is 0 Å². The minimum absolute atomic E-state index is 0.197. The van der Waals surface area contributed by atoms with Crippen LogP contribution in [0.3, 0.4) is 0 Å².